The van der Waals surface area contributed by atoms with Crippen molar-refractivity contribution in [3.8, 4) is 0 Å². The molecule has 0 amide bonds. The van der Waals surface area contributed by atoms with Gasteiger partial charge in [-0.25, -0.2) is 4.20 Å². The van der Waals surface area contributed by atoms with Crippen molar-refractivity contribution in [2.24, 2.45) is 0 Å². The first-order chi connectivity index (χ1) is 2.27. The Bertz CT molecular complexity index is 20.9. The van der Waals surface area contributed by atoms with Crippen LogP contribution in [0.1, 0.15) is 6.92 Å². The predicted octanol–water partition coefficient (Wildman–Crippen LogP) is 2.00. The van der Waals surface area contributed by atoms with Crippen molar-refractivity contribution in [3.05, 3.63) is 0 Å². The molecule has 0 spiro atoms. The number of hydrogen-bond acceptors (Lipinski definition) is 0. The summed E-state index contributed by atoms with van der Waals surface area (Å²) in [5.74, 6) is 0. The molecule has 1 unspecified atom stereocenters. The first kappa shape index (κ1) is 5.36. The van der Waals surface area contributed by atoms with E-state index in [0.717, 1.165) is 0 Å². The van der Waals surface area contributed by atoms with Crippen LogP contribution in [0.4, 0.5) is 4.20 Å². The van der Waals surface area contributed by atoms with E-state index >= 15 is 0 Å². The van der Waals surface area contributed by atoms with Crippen LogP contribution in [-0.4, -0.2) is 12.8 Å². The fraction of sp³-hybridized carbons (Fsp3) is 1.00. The van der Waals surface area contributed by atoms with E-state index < -0.39 is 8.23 Å². The molecule has 5 heavy (non-hydrogen) atoms. The fourth-order valence-electron chi connectivity index (χ4n) is 0. The molecule has 0 saturated heterocycles. The third-order valence-corrected chi connectivity index (χ3v) is 1.31. The smallest absolute Gasteiger partial charge is 0.0778 e. The molecule has 0 fully saturated rings. The topological polar surface area (TPSA) is 0 Å². The van der Waals surface area contributed by atoms with E-state index in [2.05, 4.69) is 0 Å². The van der Waals surface area contributed by atoms with Crippen LogP contribution in [0.2, 0.25) is 0 Å². The first-order valence-corrected chi connectivity index (χ1v) is 3.50. The van der Waals surface area contributed by atoms with Gasteiger partial charge in [-0.05, 0) is 12.8 Å². The average molecular weight is 94.1 g/mol. The standard InChI is InChI=1S/C3H8FP/c1-3-5(2)4/h3H2,1-2H3. The first-order valence-electron chi connectivity index (χ1n) is 1.64. The van der Waals surface area contributed by atoms with Gasteiger partial charge >= 0.3 is 0 Å². The molecular weight excluding hydrogens is 86.0 g/mol. The van der Waals surface area contributed by atoms with Crippen LogP contribution in [0, 0.1) is 0 Å². The Morgan fingerprint density at radius 2 is 2.00 bits per heavy atom. The molecule has 0 saturated carbocycles. The Labute approximate surface area is 33.3 Å². The van der Waals surface area contributed by atoms with Crippen LogP contribution in [0.15, 0.2) is 0 Å². The molecule has 1 atom stereocenters. The second kappa shape index (κ2) is 2.59. The molecule has 0 heterocycles. The molecule has 2 heteroatoms. The van der Waals surface area contributed by atoms with Gasteiger partial charge in [0.2, 0.25) is 0 Å². The molecule has 0 bridgehead atoms. The zero-order valence-electron chi connectivity index (χ0n) is 3.53. The average Bonchev–Trinajstić information content (AvgIpc) is 1.38. The SMILES string of the molecule is CCP(C)F. The van der Waals surface area contributed by atoms with Crippen molar-refractivity contribution < 1.29 is 4.20 Å². The lowest BCUT2D eigenvalue weighted by Crippen LogP contribution is -1.59. The maximum absolute atomic E-state index is 11.5. The van der Waals surface area contributed by atoms with E-state index in [0.29, 0.717) is 6.16 Å². The molecule has 0 nitrogen and oxygen atoms in total. The highest BCUT2D eigenvalue weighted by Gasteiger charge is 1.85. The summed E-state index contributed by atoms with van der Waals surface area (Å²) in [6.45, 7) is 3.47. The summed E-state index contributed by atoms with van der Waals surface area (Å²) in [6.07, 6.45) is 0.704. The zero-order chi connectivity index (χ0) is 4.28. The van der Waals surface area contributed by atoms with Crippen molar-refractivity contribution >= 4 is 8.23 Å². The maximum Gasteiger partial charge on any atom is 0.0778 e. The minimum atomic E-state index is -1.10. The summed E-state index contributed by atoms with van der Waals surface area (Å²) in [6, 6.07) is 0. The lowest BCUT2D eigenvalue weighted by atomic mass is 11.0. The lowest BCUT2D eigenvalue weighted by molar-refractivity contribution is 0.895. The minimum absolute atomic E-state index is 0.704. The van der Waals surface area contributed by atoms with E-state index in [4.69, 9.17) is 0 Å². The van der Waals surface area contributed by atoms with Crippen molar-refractivity contribution in [2.75, 3.05) is 12.8 Å². The van der Waals surface area contributed by atoms with E-state index in [-0.39, 0.29) is 0 Å². The largest absolute Gasteiger partial charge is 0.227 e. The van der Waals surface area contributed by atoms with Gasteiger partial charge in [-0.3, -0.25) is 0 Å². The minimum Gasteiger partial charge on any atom is -0.227 e. The molecule has 0 N–H and O–H groups in total. The summed E-state index contributed by atoms with van der Waals surface area (Å²) in [5, 5.41) is 0. The van der Waals surface area contributed by atoms with Gasteiger partial charge in [-0.2, -0.15) is 0 Å². The molecule has 32 valence electrons. The molecule has 0 aliphatic heterocycles. The van der Waals surface area contributed by atoms with Crippen molar-refractivity contribution in [3.63, 3.8) is 0 Å². The molecule has 0 rings (SSSR count). The summed E-state index contributed by atoms with van der Waals surface area (Å²) in [4.78, 5) is 0. The normalized spacial score (nSPS) is 15.0. The van der Waals surface area contributed by atoms with Crippen LogP contribution in [-0.2, 0) is 0 Å². The van der Waals surface area contributed by atoms with Gasteiger partial charge in [0.15, 0.2) is 0 Å². The van der Waals surface area contributed by atoms with E-state index in [9.17, 15) is 4.20 Å². The van der Waals surface area contributed by atoms with Crippen LogP contribution >= 0.6 is 8.23 Å². The summed E-state index contributed by atoms with van der Waals surface area (Å²) in [5.41, 5.74) is 0. The van der Waals surface area contributed by atoms with Gasteiger partial charge < -0.3 is 0 Å². The van der Waals surface area contributed by atoms with Gasteiger partial charge in [0, 0.05) is 0 Å². The highest BCUT2D eigenvalue weighted by Crippen LogP contribution is 2.29. The molecular formula is C3H8FP. The van der Waals surface area contributed by atoms with E-state index in [1.165, 1.54) is 0 Å². The van der Waals surface area contributed by atoms with Gasteiger partial charge in [0.25, 0.3) is 0 Å². The van der Waals surface area contributed by atoms with Crippen LogP contribution < -0.4 is 0 Å². The summed E-state index contributed by atoms with van der Waals surface area (Å²) >= 11 is 0. The highest BCUT2D eigenvalue weighted by atomic mass is 31.2. The Balaban J connectivity index is 2.54. The third kappa shape index (κ3) is 4.36. The third-order valence-electron chi connectivity index (χ3n) is 0.436. The van der Waals surface area contributed by atoms with Crippen LogP contribution in [0.25, 0.3) is 0 Å². The maximum atomic E-state index is 11.5. The highest BCUT2D eigenvalue weighted by molar-refractivity contribution is 7.51. The van der Waals surface area contributed by atoms with Crippen LogP contribution in [0.3, 0.4) is 0 Å². The fourth-order valence-corrected chi connectivity index (χ4v) is 0. The summed E-state index contributed by atoms with van der Waals surface area (Å²) < 4.78 is 11.5. The Morgan fingerprint density at radius 1 is 1.80 bits per heavy atom. The zero-order valence-corrected chi connectivity index (χ0v) is 4.43. The van der Waals surface area contributed by atoms with E-state index in [1.807, 2.05) is 6.92 Å². The Kier molecular flexibility index (Phi) is 2.78. The monoisotopic (exact) mass is 94.0 g/mol. The van der Waals surface area contributed by atoms with Crippen molar-refractivity contribution in [1.29, 1.82) is 0 Å². The van der Waals surface area contributed by atoms with Crippen molar-refractivity contribution in [1.82, 2.24) is 0 Å². The number of halogens is 1. The van der Waals surface area contributed by atoms with Gasteiger partial charge in [-0.1, -0.05) is 6.92 Å². The lowest BCUT2D eigenvalue weighted by Gasteiger charge is -1.85. The Morgan fingerprint density at radius 3 is 2.00 bits per heavy atom. The van der Waals surface area contributed by atoms with E-state index in [1.54, 1.807) is 6.66 Å². The van der Waals surface area contributed by atoms with Crippen LogP contribution in [0.5, 0.6) is 0 Å². The summed E-state index contributed by atoms with van der Waals surface area (Å²) in [7, 11) is -1.10. The molecule has 0 aromatic heterocycles. The number of rotatable bonds is 1. The molecule has 0 aromatic rings. The number of hydrogen-bond donors (Lipinski definition) is 0. The quantitative estimate of drug-likeness (QED) is 0.436. The van der Waals surface area contributed by atoms with Crippen molar-refractivity contribution in [2.45, 2.75) is 6.92 Å². The molecule has 0 aliphatic carbocycles. The second-order valence-corrected chi connectivity index (χ2v) is 2.76. The molecule has 0 aliphatic rings. The van der Waals surface area contributed by atoms with Gasteiger partial charge in [0.05, 0.1) is 8.23 Å². The predicted molar refractivity (Wildman–Crippen MR) is 24.5 cm³/mol. The second-order valence-electron chi connectivity index (χ2n) is 0.921. The van der Waals surface area contributed by atoms with Gasteiger partial charge in [-0.15, -0.1) is 0 Å². The molecule has 0 aromatic carbocycles. The molecule has 0 radical (unpaired) electrons. The van der Waals surface area contributed by atoms with Gasteiger partial charge in [0.1, 0.15) is 0 Å². The Hall–Kier alpha value is 0.360.